The summed E-state index contributed by atoms with van der Waals surface area (Å²) in [4.78, 5) is 29.1. The van der Waals surface area contributed by atoms with E-state index < -0.39 is 28.5 Å². The Morgan fingerprint density at radius 3 is 2.29 bits per heavy atom. The largest absolute Gasteiger partial charge is 0.352 e. The van der Waals surface area contributed by atoms with Crippen LogP contribution in [0.4, 0.5) is 5.69 Å². The van der Waals surface area contributed by atoms with E-state index in [9.17, 15) is 18.0 Å². The van der Waals surface area contributed by atoms with Gasteiger partial charge in [0.05, 0.1) is 20.6 Å². The smallest absolute Gasteiger partial charge is 0.264 e. The third-order valence-electron chi connectivity index (χ3n) is 7.91. The fraction of sp³-hybridized carbons (Fsp3) is 0.375. The molecular weight excluding hydrogens is 593 g/mol. The number of nitrogens with one attached hydrogen (secondary N) is 1. The number of aryl methyl sites for hydroxylation is 1. The minimum absolute atomic E-state index is 0.0427. The lowest BCUT2D eigenvalue weighted by Gasteiger charge is -2.33. The van der Waals surface area contributed by atoms with E-state index >= 15 is 0 Å². The van der Waals surface area contributed by atoms with Gasteiger partial charge >= 0.3 is 0 Å². The molecule has 0 unspecified atom stereocenters. The molecule has 7 nitrogen and oxygen atoms in total. The maximum Gasteiger partial charge on any atom is 0.264 e. The number of sulfonamides is 1. The van der Waals surface area contributed by atoms with Crippen LogP contribution in [0, 0.1) is 13.8 Å². The second kappa shape index (κ2) is 13.9. The van der Waals surface area contributed by atoms with E-state index in [4.69, 9.17) is 23.2 Å². The van der Waals surface area contributed by atoms with E-state index in [0.29, 0.717) is 21.3 Å². The van der Waals surface area contributed by atoms with Crippen LogP contribution in [0.5, 0.6) is 0 Å². The number of nitrogens with zero attached hydrogens (tertiary/aromatic N) is 2. The van der Waals surface area contributed by atoms with Crippen molar-refractivity contribution in [1.29, 1.82) is 0 Å². The molecule has 2 amide bonds. The van der Waals surface area contributed by atoms with E-state index in [1.807, 2.05) is 19.9 Å². The van der Waals surface area contributed by atoms with Gasteiger partial charge in [-0.25, -0.2) is 8.42 Å². The van der Waals surface area contributed by atoms with Crippen molar-refractivity contribution in [3.05, 3.63) is 93.5 Å². The topological polar surface area (TPSA) is 86.8 Å². The van der Waals surface area contributed by atoms with E-state index in [0.717, 1.165) is 47.5 Å². The third kappa shape index (κ3) is 7.46. The van der Waals surface area contributed by atoms with Crippen LogP contribution >= 0.6 is 23.2 Å². The number of carbonyl (C=O) groups is 2. The standard InChI is InChI=1S/C32H37Cl2N3O4S/c1-22-11-10-16-30(23(22)2)37(42(40,41)27-14-8-5-9-15-27)21-31(38)36(20-25-17-18-28(33)29(34)19-25)24(3)32(39)35-26-12-6-4-7-13-26/h5,8-11,14-19,24,26H,4,6-7,12-13,20-21H2,1-3H3,(H,35,39)/t24-/m0/s1. The van der Waals surface area contributed by atoms with Gasteiger partial charge in [0.2, 0.25) is 11.8 Å². The summed E-state index contributed by atoms with van der Waals surface area (Å²) in [6, 6.07) is 17.6. The molecule has 1 aliphatic rings. The molecule has 4 rings (SSSR count). The molecule has 3 aromatic rings. The molecule has 0 aromatic heterocycles. The fourth-order valence-corrected chi connectivity index (χ4v) is 7.04. The molecule has 1 atom stereocenters. The van der Waals surface area contributed by atoms with Crippen molar-refractivity contribution in [2.24, 2.45) is 0 Å². The number of carbonyl (C=O) groups excluding carboxylic acids is 2. The molecular formula is C32H37Cl2N3O4S. The van der Waals surface area contributed by atoms with Gasteiger partial charge in [-0.05, 0) is 80.6 Å². The zero-order valence-electron chi connectivity index (χ0n) is 24.1. The highest BCUT2D eigenvalue weighted by molar-refractivity contribution is 7.92. The minimum Gasteiger partial charge on any atom is -0.352 e. The summed E-state index contributed by atoms with van der Waals surface area (Å²) < 4.78 is 29.1. The Labute approximate surface area is 258 Å². The molecule has 1 fully saturated rings. The van der Waals surface area contributed by atoms with Crippen molar-refractivity contribution in [1.82, 2.24) is 10.2 Å². The monoisotopic (exact) mass is 629 g/mol. The van der Waals surface area contributed by atoms with Crippen molar-refractivity contribution in [2.45, 2.75) is 76.4 Å². The SMILES string of the molecule is Cc1cccc(N(CC(=O)N(Cc2ccc(Cl)c(Cl)c2)[C@@H](C)C(=O)NC2CCCCC2)S(=O)(=O)c2ccccc2)c1C. The van der Waals surface area contributed by atoms with Crippen molar-refractivity contribution in [3.8, 4) is 0 Å². The zero-order chi connectivity index (χ0) is 30.4. The van der Waals surface area contributed by atoms with Gasteiger partial charge in [-0.1, -0.05) is 78.9 Å². The molecule has 1 N–H and O–H groups in total. The molecule has 0 saturated heterocycles. The number of amides is 2. The normalized spacial score (nSPS) is 14.7. The Balaban J connectivity index is 1.71. The van der Waals surface area contributed by atoms with Crippen LogP contribution in [0.2, 0.25) is 10.0 Å². The molecule has 42 heavy (non-hydrogen) atoms. The van der Waals surface area contributed by atoms with Crippen LogP contribution in [0.1, 0.15) is 55.7 Å². The van der Waals surface area contributed by atoms with Crippen LogP contribution in [0.25, 0.3) is 0 Å². The van der Waals surface area contributed by atoms with Gasteiger partial charge in [0.15, 0.2) is 0 Å². The Morgan fingerprint density at radius 1 is 0.929 bits per heavy atom. The number of halogens is 2. The van der Waals surface area contributed by atoms with E-state index in [2.05, 4.69) is 5.32 Å². The molecule has 3 aromatic carbocycles. The first-order chi connectivity index (χ1) is 20.0. The lowest BCUT2D eigenvalue weighted by Crippen LogP contribution is -2.53. The van der Waals surface area contributed by atoms with Gasteiger partial charge in [-0.2, -0.15) is 0 Å². The highest BCUT2D eigenvalue weighted by Gasteiger charge is 2.34. The Morgan fingerprint density at radius 2 is 1.62 bits per heavy atom. The summed E-state index contributed by atoms with van der Waals surface area (Å²) in [6.45, 7) is 4.94. The second-order valence-corrected chi connectivity index (χ2v) is 13.5. The Hall–Kier alpha value is -3.07. The summed E-state index contributed by atoms with van der Waals surface area (Å²) in [5.74, 6) is -0.799. The summed E-state index contributed by atoms with van der Waals surface area (Å²) in [6.07, 6.45) is 5.04. The van der Waals surface area contributed by atoms with Gasteiger partial charge in [0, 0.05) is 12.6 Å². The zero-order valence-corrected chi connectivity index (χ0v) is 26.5. The molecule has 0 heterocycles. The number of hydrogen-bond donors (Lipinski definition) is 1. The van der Waals surface area contributed by atoms with Gasteiger partial charge in [0.1, 0.15) is 12.6 Å². The van der Waals surface area contributed by atoms with Crippen molar-refractivity contribution in [3.63, 3.8) is 0 Å². The van der Waals surface area contributed by atoms with E-state index in [-0.39, 0.29) is 23.4 Å². The van der Waals surface area contributed by atoms with E-state index in [1.54, 1.807) is 55.5 Å². The fourth-order valence-electron chi connectivity index (χ4n) is 5.22. The molecule has 0 bridgehead atoms. The van der Waals surface area contributed by atoms with Crippen LogP contribution in [-0.2, 0) is 26.2 Å². The molecule has 1 saturated carbocycles. The first-order valence-corrected chi connectivity index (χ1v) is 16.4. The quantitative estimate of drug-likeness (QED) is 0.271. The second-order valence-electron chi connectivity index (χ2n) is 10.8. The molecule has 0 aliphatic heterocycles. The van der Waals surface area contributed by atoms with Crippen LogP contribution < -0.4 is 9.62 Å². The number of rotatable bonds is 10. The van der Waals surface area contributed by atoms with Crippen molar-refractivity contribution in [2.75, 3.05) is 10.8 Å². The highest BCUT2D eigenvalue weighted by Crippen LogP contribution is 2.30. The first-order valence-electron chi connectivity index (χ1n) is 14.2. The van der Waals surface area contributed by atoms with Crippen LogP contribution in [0.3, 0.4) is 0 Å². The third-order valence-corrected chi connectivity index (χ3v) is 10.4. The molecule has 0 radical (unpaired) electrons. The van der Waals surface area contributed by atoms with Gasteiger partial charge < -0.3 is 10.2 Å². The van der Waals surface area contributed by atoms with Gasteiger partial charge in [0.25, 0.3) is 10.0 Å². The molecule has 224 valence electrons. The number of hydrogen-bond acceptors (Lipinski definition) is 4. The predicted molar refractivity (Wildman–Crippen MR) is 168 cm³/mol. The molecule has 0 spiro atoms. The number of anilines is 1. The maximum absolute atomic E-state index is 14.2. The first kappa shape index (κ1) is 31.9. The van der Waals surface area contributed by atoms with E-state index in [1.165, 1.54) is 17.0 Å². The molecule has 1 aliphatic carbocycles. The average Bonchev–Trinajstić information content (AvgIpc) is 2.98. The summed E-state index contributed by atoms with van der Waals surface area (Å²) in [5.41, 5.74) is 2.70. The van der Waals surface area contributed by atoms with Gasteiger partial charge in [-0.15, -0.1) is 0 Å². The average molecular weight is 631 g/mol. The minimum atomic E-state index is -4.13. The summed E-state index contributed by atoms with van der Waals surface area (Å²) in [7, 11) is -4.13. The molecule has 10 heteroatoms. The summed E-state index contributed by atoms with van der Waals surface area (Å²) in [5, 5.41) is 3.80. The lowest BCUT2D eigenvalue weighted by molar-refractivity contribution is -0.139. The Bertz CT molecular complexity index is 1530. The van der Waals surface area contributed by atoms with Gasteiger partial charge in [-0.3, -0.25) is 13.9 Å². The predicted octanol–water partition coefficient (Wildman–Crippen LogP) is 6.67. The van der Waals surface area contributed by atoms with Crippen LogP contribution in [-0.4, -0.2) is 43.8 Å². The van der Waals surface area contributed by atoms with Crippen molar-refractivity contribution >= 4 is 50.7 Å². The Kier molecular flexibility index (Phi) is 10.6. The van der Waals surface area contributed by atoms with Crippen molar-refractivity contribution < 1.29 is 18.0 Å². The summed E-state index contributed by atoms with van der Waals surface area (Å²) >= 11 is 12.4. The highest BCUT2D eigenvalue weighted by atomic mass is 35.5. The number of benzene rings is 3. The maximum atomic E-state index is 14.2. The van der Waals surface area contributed by atoms with Crippen LogP contribution in [0.15, 0.2) is 71.6 Å². The lowest BCUT2D eigenvalue weighted by atomic mass is 9.95.